The predicted octanol–water partition coefficient (Wildman–Crippen LogP) is 2.53. The molecular formula is C20H15N3O3. The molecule has 1 atom stereocenters. The summed E-state index contributed by atoms with van der Waals surface area (Å²) in [5.41, 5.74) is 2.03. The molecule has 26 heavy (non-hydrogen) atoms. The molecule has 2 aromatic carbocycles. The van der Waals surface area contributed by atoms with E-state index >= 15 is 0 Å². The van der Waals surface area contributed by atoms with Crippen molar-refractivity contribution in [1.29, 1.82) is 5.26 Å². The largest absolute Gasteiger partial charge is 0.480 e. The second-order valence-corrected chi connectivity index (χ2v) is 5.77. The van der Waals surface area contributed by atoms with Crippen LogP contribution in [0.25, 0.3) is 10.9 Å². The molecule has 128 valence electrons. The van der Waals surface area contributed by atoms with Crippen molar-refractivity contribution in [2.45, 2.75) is 12.5 Å². The van der Waals surface area contributed by atoms with Crippen LogP contribution < -0.4 is 5.32 Å². The summed E-state index contributed by atoms with van der Waals surface area (Å²) in [5, 5.41) is 21.6. The van der Waals surface area contributed by atoms with Gasteiger partial charge in [-0.1, -0.05) is 36.4 Å². The monoisotopic (exact) mass is 345 g/mol. The fourth-order valence-electron chi connectivity index (χ4n) is 2.58. The highest BCUT2D eigenvalue weighted by Gasteiger charge is 2.22. The number of aliphatic carboxylic acids is 1. The molecule has 1 heterocycles. The van der Waals surface area contributed by atoms with Gasteiger partial charge in [0.1, 0.15) is 11.7 Å². The molecule has 0 saturated heterocycles. The van der Waals surface area contributed by atoms with Crippen LogP contribution in [0.3, 0.4) is 0 Å². The molecule has 0 saturated carbocycles. The van der Waals surface area contributed by atoms with E-state index in [0.717, 1.165) is 5.39 Å². The van der Waals surface area contributed by atoms with Crippen LogP contribution >= 0.6 is 0 Å². The number of nitriles is 1. The zero-order valence-corrected chi connectivity index (χ0v) is 13.7. The fourth-order valence-corrected chi connectivity index (χ4v) is 2.58. The highest BCUT2D eigenvalue weighted by atomic mass is 16.4. The van der Waals surface area contributed by atoms with E-state index < -0.39 is 17.9 Å². The molecule has 3 rings (SSSR count). The Bertz CT molecular complexity index is 1010. The number of fused-ring (bicyclic) bond motifs is 1. The Morgan fingerprint density at radius 3 is 2.50 bits per heavy atom. The third-order valence-electron chi connectivity index (χ3n) is 3.96. The van der Waals surface area contributed by atoms with Gasteiger partial charge in [-0.3, -0.25) is 4.79 Å². The molecule has 0 fully saturated rings. The number of carbonyl (C=O) groups is 2. The highest BCUT2D eigenvalue weighted by molar-refractivity contribution is 5.97. The summed E-state index contributed by atoms with van der Waals surface area (Å²) in [6, 6.07) is 18.2. The zero-order valence-electron chi connectivity index (χ0n) is 13.7. The van der Waals surface area contributed by atoms with E-state index in [0.29, 0.717) is 16.6 Å². The number of hydrogen-bond acceptors (Lipinski definition) is 4. The number of rotatable bonds is 5. The van der Waals surface area contributed by atoms with Crippen LogP contribution in [0, 0.1) is 11.3 Å². The SMILES string of the molecule is N#Cc1ccc(C[C@@H](NC(=O)c2ccc3ccccc3n2)C(=O)O)cc1. The van der Waals surface area contributed by atoms with E-state index in [1.807, 2.05) is 24.3 Å². The van der Waals surface area contributed by atoms with E-state index in [9.17, 15) is 14.7 Å². The Morgan fingerprint density at radius 2 is 1.81 bits per heavy atom. The Morgan fingerprint density at radius 1 is 1.08 bits per heavy atom. The molecule has 0 spiro atoms. The molecule has 0 radical (unpaired) electrons. The maximum absolute atomic E-state index is 12.4. The van der Waals surface area contributed by atoms with Gasteiger partial charge in [0, 0.05) is 11.8 Å². The number of nitrogens with one attached hydrogen (secondary N) is 1. The van der Waals surface area contributed by atoms with Crippen LogP contribution in [0.1, 0.15) is 21.6 Å². The first kappa shape index (κ1) is 17.1. The predicted molar refractivity (Wildman–Crippen MR) is 95.5 cm³/mol. The molecule has 0 aliphatic rings. The molecule has 6 heteroatoms. The average Bonchev–Trinajstić information content (AvgIpc) is 2.67. The summed E-state index contributed by atoms with van der Waals surface area (Å²) in [4.78, 5) is 28.2. The van der Waals surface area contributed by atoms with Gasteiger partial charge in [-0.2, -0.15) is 5.26 Å². The lowest BCUT2D eigenvalue weighted by molar-refractivity contribution is -0.139. The minimum absolute atomic E-state index is 0.111. The van der Waals surface area contributed by atoms with Crippen LogP contribution in [0.4, 0.5) is 0 Å². The van der Waals surface area contributed by atoms with Gasteiger partial charge >= 0.3 is 5.97 Å². The first-order valence-corrected chi connectivity index (χ1v) is 7.95. The number of pyridine rings is 1. The van der Waals surface area contributed by atoms with Gasteiger partial charge in [-0.05, 0) is 29.8 Å². The molecule has 0 bridgehead atoms. The number of nitrogens with zero attached hydrogens (tertiary/aromatic N) is 2. The molecule has 3 aromatic rings. The van der Waals surface area contributed by atoms with Gasteiger partial charge in [0.15, 0.2) is 0 Å². The number of para-hydroxylation sites is 1. The molecular weight excluding hydrogens is 330 g/mol. The summed E-state index contributed by atoms with van der Waals surface area (Å²) in [6.45, 7) is 0. The van der Waals surface area contributed by atoms with Crippen molar-refractivity contribution < 1.29 is 14.7 Å². The van der Waals surface area contributed by atoms with Gasteiger partial charge in [-0.15, -0.1) is 0 Å². The molecule has 0 aliphatic carbocycles. The summed E-state index contributed by atoms with van der Waals surface area (Å²) < 4.78 is 0. The third-order valence-corrected chi connectivity index (χ3v) is 3.96. The summed E-state index contributed by atoms with van der Waals surface area (Å²) in [7, 11) is 0. The van der Waals surface area contributed by atoms with E-state index in [1.54, 1.807) is 42.5 Å². The molecule has 1 aromatic heterocycles. The highest BCUT2D eigenvalue weighted by Crippen LogP contribution is 2.12. The lowest BCUT2D eigenvalue weighted by Gasteiger charge is -2.14. The van der Waals surface area contributed by atoms with Crippen molar-refractivity contribution in [3.63, 3.8) is 0 Å². The number of carboxylic acid groups (broad SMARTS) is 1. The summed E-state index contributed by atoms with van der Waals surface area (Å²) in [5.74, 6) is -1.68. The standard InChI is InChI=1S/C20H15N3O3/c21-12-14-7-5-13(6-8-14)11-18(20(25)26)23-19(24)17-10-9-15-3-1-2-4-16(15)22-17/h1-10,18H,11H2,(H,23,24)(H,25,26)/t18-/m1/s1. The number of benzene rings is 2. The molecule has 0 unspecified atom stereocenters. The molecule has 6 nitrogen and oxygen atoms in total. The Labute approximate surface area is 149 Å². The van der Waals surface area contributed by atoms with Gasteiger partial charge in [0.25, 0.3) is 5.91 Å². The van der Waals surface area contributed by atoms with Gasteiger partial charge in [-0.25, -0.2) is 9.78 Å². The Kier molecular flexibility index (Phi) is 4.90. The molecule has 1 amide bonds. The van der Waals surface area contributed by atoms with Crippen LogP contribution in [-0.4, -0.2) is 28.0 Å². The van der Waals surface area contributed by atoms with E-state index in [1.165, 1.54) is 0 Å². The normalized spacial score (nSPS) is 11.5. The molecule has 2 N–H and O–H groups in total. The van der Waals surface area contributed by atoms with Crippen molar-refractivity contribution in [2.75, 3.05) is 0 Å². The second-order valence-electron chi connectivity index (χ2n) is 5.77. The Balaban J connectivity index is 1.76. The van der Waals surface area contributed by atoms with Crippen molar-refractivity contribution in [1.82, 2.24) is 10.3 Å². The topological polar surface area (TPSA) is 103 Å². The first-order chi connectivity index (χ1) is 12.6. The van der Waals surface area contributed by atoms with E-state index in [2.05, 4.69) is 10.3 Å². The van der Waals surface area contributed by atoms with Gasteiger partial charge < -0.3 is 10.4 Å². The number of carboxylic acids is 1. The Hall–Kier alpha value is -3.72. The number of amides is 1. The number of hydrogen-bond donors (Lipinski definition) is 2. The van der Waals surface area contributed by atoms with E-state index in [4.69, 9.17) is 5.26 Å². The maximum Gasteiger partial charge on any atom is 0.326 e. The lowest BCUT2D eigenvalue weighted by Crippen LogP contribution is -2.42. The minimum Gasteiger partial charge on any atom is -0.480 e. The minimum atomic E-state index is -1.14. The zero-order chi connectivity index (χ0) is 18.5. The van der Waals surface area contributed by atoms with Gasteiger partial charge in [0.2, 0.25) is 0 Å². The van der Waals surface area contributed by atoms with Crippen molar-refractivity contribution >= 4 is 22.8 Å². The number of carbonyl (C=O) groups excluding carboxylic acids is 1. The van der Waals surface area contributed by atoms with Crippen LogP contribution in [0.5, 0.6) is 0 Å². The smallest absolute Gasteiger partial charge is 0.326 e. The van der Waals surface area contributed by atoms with Crippen LogP contribution in [0.2, 0.25) is 0 Å². The number of aromatic nitrogens is 1. The summed E-state index contributed by atoms with van der Waals surface area (Å²) in [6.07, 6.45) is 0.111. The second kappa shape index (κ2) is 7.45. The van der Waals surface area contributed by atoms with Crippen molar-refractivity contribution in [3.8, 4) is 6.07 Å². The molecule has 0 aliphatic heterocycles. The van der Waals surface area contributed by atoms with Crippen molar-refractivity contribution in [2.24, 2.45) is 0 Å². The van der Waals surface area contributed by atoms with E-state index in [-0.39, 0.29) is 12.1 Å². The average molecular weight is 345 g/mol. The van der Waals surface area contributed by atoms with Gasteiger partial charge in [0.05, 0.1) is 17.1 Å². The third kappa shape index (κ3) is 3.84. The lowest BCUT2D eigenvalue weighted by atomic mass is 10.0. The first-order valence-electron chi connectivity index (χ1n) is 7.95. The van der Waals surface area contributed by atoms with Crippen molar-refractivity contribution in [3.05, 3.63) is 77.5 Å². The van der Waals surface area contributed by atoms with Crippen LogP contribution in [-0.2, 0) is 11.2 Å². The summed E-state index contributed by atoms with van der Waals surface area (Å²) >= 11 is 0. The quantitative estimate of drug-likeness (QED) is 0.739. The maximum atomic E-state index is 12.4. The van der Waals surface area contributed by atoms with Crippen LogP contribution in [0.15, 0.2) is 60.7 Å². The fraction of sp³-hybridized carbons (Fsp3) is 0.100.